The van der Waals surface area contributed by atoms with E-state index in [9.17, 15) is 9.59 Å². The molecule has 0 aromatic heterocycles. The molecule has 1 atom stereocenters. The van der Waals surface area contributed by atoms with E-state index in [2.05, 4.69) is 6.92 Å². The molecule has 0 spiro atoms. The molecule has 2 rings (SSSR count). The number of rotatable bonds is 1. The minimum absolute atomic E-state index is 0.0498. The first-order valence-corrected chi connectivity index (χ1v) is 5.27. The highest BCUT2D eigenvalue weighted by Crippen LogP contribution is 2.27. The summed E-state index contributed by atoms with van der Waals surface area (Å²) in [6.45, 7) is 2.71. The number of hydrogen-bond acceptors (Lipinski definition) is 3. The molecule has 1 unspecified atom stereocenters. The molecule has 0 aliphatic carbocycles. The molecule has 2 N–H and O–H groups in total. The maximum absolute atomic E-state index is 12.0. The number of hydrogen-bond donors (Lipinski definition) is 1. The Kier molecular flexibility index (Phi) is 2.46. The van der Waals surface area contributed by atoms with Crippen molar-refractivity contribution in [1.29, 1.82) is 0 Å². The highest BCUT2D eigenvalue weighted by molar-refractivity contribution is 6.18. The van der Waals surface area contributed by atoms with E-state index in [1.807, 2.05) is 13.1 Å². The van der Waals surface area contributed by atoms with Crippen LogP contribution in [0.3, 0.4) is 0 Å². The van der Waals surface area contributed by atoms with Crippen LogP contribution in [0.15, 0.2) is 23.7 Å². The average molecular weight is 221 g/mol. The van der Waals surface area contributed by atoms with Crippen LogP contribution in [-0.2, 0) is 9.59 Å². The molecule has 0 aromatic carbocycles. The predicted molar refractivity (Wildman–Crippen MR) is 58.6 cm³/mol. The average Bonchev–Trinajstić information content (AvgIpc) is 2.22. The number of nitrogens with zero attached hydrogens (tertiary/aromatic N) is 2. The van der Waals surface area contributed by atoms with E-state index in [4.69, 9.17) is 5.73 Å². The van der Waals surface area contributed by atoms with Crippen LogP contribution in [0.25, 0.3) is 0 Å². The van der Waals surface area contributed by atoms with Gasteiger partial charge in [0.1, 0.15) is 11.4 Å². The van der Waals surface area contributed by atoms with Gasteiger partial charge in [-0.15, -0.1) is 0 Å². The fourth-order valence-electron chi connectivity index (χ4n) is 2.05. The second-order valence-electron chi connectivity index (χ2n) is 4.34. The van der Waals surface area contributed by atoms with Crippen molar-refractivity contribution in [3.63, 3.8) is 0 Å². The zero-order chi connectivity index (χ0) is 11.9. The summed E-state index contributed by atoms with van der Waals surface area (Å²) in [5.74, 6) is 0.291. The molecule has 5 heteroatoms. The lowest BCUT2D eigenvalue weighted by Crippen LogP contribution is -2.47. The lowest BCUT2D eigenvalue weighted by atomic mass is 10.0. The van der Waals surface area contributed by atoms with Crippen molar-refractivity contribution in [1.82, 2.24) is 9.80 Å². The van der Waals surface area contributed by atoms with E-state index in [0.29, 0.717) is 12.5 Å². The van der Waals surface area contributed by atoms with Gasteiger partial charge in [-0.25, -0.2) is 0 Å². The fourth-order valence-corrected chi connectivity index (χ4v) is 2.05. The quantitative estimate of drug-likeness (QED) is 0.634. The van der Waals surface area contributed by atoms with E-state index < -0.39 is 5.91 Å². The van der Waals surface area contributed by atoms with Crippen molar-refractivity contribution < 1.29 is 9.59 Å². The summed E-state index contributed by atoms with van der Waals surface area (Å²) < 4.78 is 0. The molecule has 0 aromatic rings. The molecular formula is C11H15N3O2. The Morgan fingerprint density at radius 2 is 2.25 bits per heavy atom. The van der Waals surface area contributed by atoms with Crippen molar-refractivity contribution in [2.75, 3.05) is 13.6 Å². The van der Waals surface area contributed by atoms with Crippen LogP contribution in [0.4, 0.5) is 0 Å². The molecule has 0 bridgehead atoms. The van der Waals surface area contributed by atoms with Crippen molar-refractivity contribution in [2.45, 2.75) is 13.3 Å². The van der Waals surface area contributed by atoms with Gasteiger partial charge in [0.05, 0.1) is 0 Å². The van der Waals surface area contributed by atoms with E-state index >= 15 is 0 Å². The van der Waals surface area contributed by atoms with Gasteiger partial charge in [-0.05, 0) is 18.4 Å². The fraction of sp³-hybridized carbons (Fsp3) is 0.455. The van der Waals surface area contributed by atoms with Gasteiger partial charge in [-0.2, -0.15) is 0 Å². The van der Waals surface area contributed by atoms with Crippen molar-refractivity contribution in [2.24, 2.45) is 11.7 Å². The van der Waals surface area contributed by atoms with Crippen LogP contribution in [0.1, 0.15) is 13.3 Å². The van der Waals surface area contributed by atoms with Gasteiger partial charge in [0.2, 0.25) is 0 Å². The van der Waals surface area contributed by atoms with Crippen molar-refractivity contribution in [3.05, 3.63) is 23.7 Å². The molecule has 2 amide bonds. The molecule has 0 radical (unpaired) electrons. The van der Waals surface area contributed by atoms with Gasteiger partial charge >= 0.3 is 0 Å². The Morgan fingerprint density at radius 3 is 2.88 bits per heavy atom. The van der Waals surface area contributed by atoms with Crippen LogP contribution < -0.4 is 5.73 Å². The van der Waals surface area contributed by atoms with Gasteiger partial charge in [0, 0.05) is 19.8 Å². The standard InChI is InChI=1S/C11H15N3O2/c1-7-3-4-9-13(2)6-8(10(12)15)11(16)14(9)5-7/h4,6-7H,3,5H2,1-2H3,(H2,12,15). The molecule has 0 saturated carbocycles. The molecule has 0 saturated heterocycles. The summed E-state index contributed by atoms with van der Waals surface area (Å²) in [5, 5.41) is 0. The second-order valence-corrected chi connectivity index (χ2v) is 4.34. The smallest absolute Gasteiger partial charge is 0.266 e. The van der Waals surface area contributed by atoms with Crippen LogP contribution in [0.5, 0.6) is 0 Å². The summed E-state index contributed by atoms with van der Waals surface area (Å²) in [6, 6.07) is 0. The molecule has 16 heavy (non-hydrogen) atoms. The van der Waals surface area contributed by atoms with E-state index in [0.717, 1.165) is 12.2 Å². The third kappa shape index (κ3) is 1.58. The molecule has 0 fully saturated rings. The number of nitrogens with two attached hydrogens (primary N) is 1. The van der Waals surface area contributed by atoms with Gasteiger partial charge in [0.25, 0.3) is 11.8 Å². The third-order valence-corrected chi connectivity index (χ3v) is 2.90. The van der Waals surface area contributed by atoms with Crippen molar-refractivity contribution >= 4 is 11.8 Å². The summed E-state index contributed by atoms with van der Waals surface area (Å²) in [7, 11) is 1.81. The Balaban J connectivity index is 2.40. The Bertz CT molecular complexity index is 411. The van der Waals surface area contributed by atoms with Crippen LogP contribution in [0.2, 0.25) is 0 Å². The lowest BCUT2D eigenvalue weighted by Gasteiger charge is -2.39. The second kappa shape index (κ2) is 3.66. The predicted octanol–water partition coefficient (Wildman–Crippen LogP) is 0.0108. The minimum Gasteiger partial charge on any atom is -0.365 e. The maximum Gasteiger partial charge on any atom is 0.266 e. The highest BCUT2D eigenvalue weighted by Gasteiger charge is 2.34. The first-order chi connectivity index (χ1) is 7.50. The Hall–Kier alpha value is -1.78. The minimum atomic E-state index is -0.672. The van der Waals surface area contributed by atoms with Crippen molar-refractivity contribution in [3.8, 4) is 0 Å². The number of amides is 2. The normalized spacial score (nSPS) is 24.9. The number of primary amides is 1. The molecule has 2 aliphatic rings. The van der Waals surface area contributed by atoms with Gasteiger partial charge < -0.3 is 10.6 Å². The van der Waals surface area contributed by atoms with Crippen LogP contribution >= 0.6 is 0 Å². The Morgan fingerprint density at radius 1 is 1.56 bits per heavy atom. The first-order valence-electron chi connectivity index (χ1n) is 5.27. The van der Waals surface area contributed by atoms with E-state index in [-0.39, 0.29) is 11.5 Å². The number of carbonyl (C=O) groups is 2. The van der Waals surface area contributed by atoms with E-state index in [1.54, 1.807) is 9.80 Å². The van der Waals surface area contributed by atoms with Gasteiger partial charge in [0.15, 0.2) is 0 Å². The van der Waals surface area contributed by atoms with Crippen LogP contribution in [-0.4, -0.2) is 35.2 Å². The molecule has 2 heterocycles. The maximum atomic E-state index is 12.0. The number of carbonyl (C=O) groups excluding carboxylic acids is 2. The molecule has 2 aliphatic heterocycles. The van der Waals surface area contributed by atoms with Gasteiger partial charge in [-0.3, -0.25) is 14.5 Å². The zero-order valence-electron chi connectivity index (χ0n) is 9.43. The largest absolute Gasteiger partial charge is 0.365 e. The summed E-state index contributed by atoms with van der Waals surface area (Å²) >= 11 is 0. The Labute approximate surface area is 94.2 Å². The lowest BCUT2D eigenvalue weighted by molar-refractivity contribution is -0.130. The first kappa shape index (κ1) is 10.7. The van der Waals surface area contributed by atoms with Gasteiger partial charge in [-0.1, -0.05) is 6.92 Å². The summed E-state index contributed by atoms with van der Waals surface area (Å²) in [5.41, 5.74) is 5.23. The SMILES string of the molecule is CC1CC=C2N(C)C=C(C(N)=O)C(=O)N2C1. The molecule has 5 nitrogen and oxygen atoms in total. The molecule has 86 valence electrons. The zero-order valence-corrected chi connectivity index (χ0v) is 9.43. The summed E-state index contributed by atoms with van der Waals surface area (Å²) in [4.78, 5) is 26.5. The highest BCUT2D eigenvalue weighted by atomic mass is 16.2. The topological polar surface area (TPSA) is 66.6 Å². The molecular weight excluding hydrogens is 206 g/mol. The number of fused-ring (bicyclic) bond motifs is 1. The van der Waals surface area contributed by atoms with E-state index in [1.165, 1.54) is 6.20 Å². The summed E-state index contributed by atoms with van der Waals surface area (Å²) in [6.07, 6.45) is 4.46. The number of allylic oxidation sites excluding steroid dienone is 1. The monoisotopic (exact) mass is 221 g/mol. The third-order valence-electron chi connectivity index (χ3n) is 2.90. The van der Waals surface area contributed by atoms with Crippen LogP contribution in [0, 0.1) is 5.92 Å².